The van der Waals surface area contributed by atoms with Crippen LogP contribution in [0.25, 0.3) is 0 Å². The first-order valence-corrected chi connectivity index (χ1v) is 5.87. The molecule has 2 heterocycles. The number of hydrogen-bond donors (Lipinski definition) is 2. The van der Waals surface area contributed by atoms with Gasteiger partial charge in [0.15, 0.2) is 0 Å². The summed E-state index contributed by atoms with van der Waals surface area (Å²) in [6.45, 7) is 0.717. The van der Waals surface area contributed by atoms with Gasteiger partial charge in [-0.05, 0) is 46.4 Å². The summed E-state index contributed by atoms with van der Waals surface area (Å²) in [6, 6.07) is 5.90. The molecule has 0 atom stereocenters. The van der Waals surface area contributed by atoms with Gasteiger partial charge in [0.05, 0.1) is 5.69 Å². The lowest BCUT2D eigenvalue weighted by atomic mass is 10.2. The standard InChI is InChI=1S/C11H11IN4/c12-9-5-10(11(13)16-7-9)15-6-8-1-3-14-4-2-8/h1-5,7,15H,6H2,(H2,13,16). The minimum absolute atomic E-state index is 0.523. The molecule has 0 saturated carbocycles. The molecule has 0 bridgehead atoms. The molecule has 0 aromatic carbocycles. The minimum atomic E-state index is 0.523. The summed E-state index contributed by atoms with van der Waals surface area (Å²) < 4.78 is 1.06. The Balaban J connectivity index is 2.08. The Morgan fingerprint density at radius 2 is 2.06 bits per heavy atom. The second-order valence-corrected chi connectivity index (χ2v) is 4.54. The molecule has 0 unspecified atom stereocenters. The maximum absolute atomic E-state index is 5.76. The van der Waals surface area contributed by atoms with E-state index >= 15 is 0 Å². The summed E-state index contributed by atoms with van der Waals surface area (Å²) in [4.78, 5) is 8.05. The number of anilines is 2. The molecule has 4 nitrogen and oxygen atoms in total. The van der Waals surface area contributed by atoms with E-state index in [1.54, 1.807) is 18.6 Å². The van der Waals surface area contributed by atoms with E-state index in [9.17, 15) is 0 Å². The smallest absolute Gasteiger partial charge is 0.146 e. The Hall–Kier alpha value is -1.37. The highest BCUT2D eigenvalue weighted by Crippen LogP contribution is 2.18. The first-order chi connectivity index (χ1) is 7.75. The van der Waals surface area contributed by atoms with Crippen molar-refractivity contribution in [1.29, 1.82) is 0 Å². The van der Waals surface area contributed by atoms with Crippen molar-refractivity contribution >= 4 is 34.1 Å². The van der Waals surface area contributed by atoms with Crippen LogP contribution in [0, 0.1) is 3.57 Å². The molecule has 3 N–H and O–H groups in total. The fourth-order valence-electron chi connectivity index (χ4n) is 1.29. The van der Waals surface area contributed by atoms with Crippen LogP contribution in [0.4, 0.5) is 11.5 Å². The average Bonchev–Trinajstić information content (AvgIpc) is 2.32. The maximum atomic E-state index is 5.76. The molecule has 0 saturated heterocycles. The lowest BCUT2D eigenvalue weighted by Crippen LogP contribution is -2.04. The highest BCUT2D eigenvalue weighted by Gasteiger charge is 2.00. The predicted octanol–water partition coefficient (Wildman–Crippen LogP) is 2.28. The molecule has 0 radical (unpaired) electrons. The van der Waals surface area contributed by atoms with Crippen molar-refractivity contribution in [3.8, 4) is 0 Å². The Morgan fingerprint density at radius 1 is 1.31 bits per heavy atom. The summed E-state index contributed by atoms with van der Waals surface area (Å²) in [5.41, 5.74) is 7.79. The van der Waals surface area contributed by atoms with Gasteiger partial charge in [0.2, 0.25) is 0 Å². The van der Waals surface area contributed by atoms with Gasteiger partial charge in [-0.2, -0.15) is 0 Å². The van der Waals surface area contributed by atoms with E-state index in [0.717, 1.165) is 14.8 Å². The molecule has 5 heteroatoms. The van der Waals surface area contributed by atoms with E-state index < -0.39 is 0 Å². The lowest BCUT2D eigenvalue weighted by molar-refractivity contribution is 1.12. The van der Waals surface area contributed by atoms with Crippen LogP contribution in [-0.2, 0) is 6.54 Å². The molecule has 0 aliphatic rings. The van der Waals surface area contributed by atoms with Crippen LogP contribution >= 0.6 is 22.6 Å². The molecule has 0 aliphatic carbocycles. The summed E-state index contributed by atoms with van der Waals surface area (Å²) >= 11 is 2.21. The number of nitrogens with one attached hydrogen (secondary N) is 1. The average molecular weight is 326 g/mol. The second-order valence-electron chi connectivity index (χ2n) is 3.30. The van der Waals surface area contributed by atoms with Crippen molar-refractivity contribution in [1.82, 2.24) is 9.97 Å². The zero-order valence-corrected chi connectivity index (χ0v) is 10.7. The van der Waals surface area contributed by atoms with Gasteiger partial charge in [0, 0.05) is 28.7 Å². The van der Waals surface area contributed by atoms with Gasteiger partial charge in [-0.25, -0.2) is 4.98 Å². The molecule has 16 heavy (non-hydrogen) atoms. The van der Waals surface area contributed by atoms with Crippen molar-refractivity contribution in [3.63, 3.8) is 0 Å². The molecule has 2 rings (SSSR count). The molecular weight excluding hydrogens is 315 g/mol. The zero-order chi connectivity index (χ0) is 11.4. The molecule has 0 aliphatic heterocycles. The largest absolute Gasteiger partial charge is 0.382 e. The van der Waals surface area contributed by atoms with Crippen LogP contribution in [-0.4, -0.2) is 9.97 Å². The predicted molar refractivity (Wildman–Crippen MR) is 72.9 cm³/mol. The quantitative estimate of drug-likeness (QED) is 0.850. The Kier molecular flexibility index (Phi) is 3.55. The van der Waals surface area contributed by atoms with E-state index in [2.05, 4.69) is 37.9 Å². The van der Waals surface area contributed by atoms with Crippen LogP contribution in [0.15, 0.2) is 36.8 Å². The van der Waals surface area contributed by atoms with E-state index in [4.69, 9.17) is 5.73 Å². The lowest BCUT2D eigenvalue weighted by Gasteiger charge is -2.08. The number of nitrogens with zero attached hydrogens (tertiary/aromatic N) is 2. The highest BCUT2D eigenvalue weighted by molar-refractivity contribution is 14.1. The minimum Gasteiger partial charge on any atom is -0.382 e. The summed E-state index contributed by atoms with van der Waals surface area (Å²) in [5.74, 6) is 0.523. The summed E-state index contributed by atoms with van der Waals surface area (Å²) in [5, 5.41) is 3.25. The number of nitrogen functional groups attached to an aromatic ring is 1. The van der Waals surface area contributed by atoms with Crippen LogP contribution in [0.1, 0.15) is 5.56 Å². The van der Waals surface area contributed by atoms with Crippen molar-refractivity contribution in [2.75, 3.05) is 11.1 Å². The SMILES string of the molecule is Nc1ncc(I)cc1NCc1ccncc1. The van der Waals surface area contributed by atoms with Gasteiger partial charge < -0.3 is 11.1 Å². The Bertz CT molecular complexity index is 473. The van der Waals surface area contributed by atoms with Crippen LogP contribution in [0.2, 0.25) is 0 Å². The monoisotopic (exact) mass is 326 g/mol. The number of rotatable bonds is 3. The number of aromatic nitrogens is 2. The molecule has 82 valence electrons. The number of halogens is 1. The van der Waals surface area contributed by atoms with E-state index in [0.29, 0.717) is 12.4 Å². The second kappa shape index (κ2) is 5.11. The van der Waals surface area contributed by atoms with E-state index in [-0.39, 0.29) is 0 Å². The normalized spacial score (nSPS) is 10.1. The Labute approximate surface area is 107 Å². The van der Waals surface area contributed by atoms with Gasteiger partial charge >= 0.3 is 0 Å². The molecule has 0 spiro atoms. The summed E-state index contributed by atoms with van der Waals surface area (Å²) in [7, 11) is 0. The maximum Gasteiger partial charge on any atom is 0.146 e. The molecular formula is C11H11IN4. The van der Waals surface area contributed by atoms with E-state index in [1.165, 1.54) is 0 Å². The fraction of sp³-hybridized carbons (Fsp3) is 0.0909. The zero-order valence-electron chi connectivity index (χ0n) is 8.52. The van der Waals surface area contributed by atoms with Gasteiger partial charge in [-0.15, -0.1) is 0 Å². The van der Waals surface area contributed by atoms with Gasteiger partial charge in [0.1, 0.15) is 5.82 Å². The topological polar surface area (TPSA) is 63.8 Å². The third-order valence-corrected chi connectivity index (χ3v) is 2.71. The number of pyridine rings is 2. The number of hydrogen-bond acceptors (Lipinski definition) is 4. The first kappa shape index (κ1) is 11.1. The van der Waals surface area contributed by atoms with Gasteiger partial charge in [-0.3, -0.25) is 4.98 Å². The molecule has 0 fully saturated rings. The van der Waals surface area contributed by atoms with Gasteiger partial charge in [-0.1, -0.05) is 0 Å². The van der Waals surface area contributed by atoms with Crippen LogP contribution in [0.5, 0.6) is 0 Å². The Morgan fingerprint density at radius 3 is 2.81 bits per heavy atom. The van der Waals surface area contributed by atoms with Gasteiger partial charge in [0.25, 0.3) is 0 Å². The molecule has 0 amide bonds. The summed E-state index contributed by atoms with van der Waals surface area (Å²) in [6.07, 6.45) is 5.29. The van der Waals surface area contributed by atoms with Crippen LogP contribution < -0.4 is 11.1 Å². The first-order valence-electron chi connectivity index (χ1n) is 4.79. The van der Waals surface area contributed by atoms with Crippen LogP contribution in [0.3, 0.4) is 0 Å². The highest BCUT2D eigenvalue weighted by atomic mass is 127. The van der Waals surface area contributed by atoms with Crippen molar-refractivity contribution in [2.24, 2.45) is 0 Å². The van der Waals surface area contributed by atoms with Crippen molar-refractivity contribution in [2.45, 2.75) is 6.54 Å². The van der Waals surface area contributed by atoms with E-state index in [1.807, 2.05) is 18.2 Å². The van der Waals surface area contributed by atoms with Crippen molar-refractivity contribution < 1.29 is 0 Å². The third kappa shape index (κ3) is 2.82. The van der Waals surface area contributed by atoms with Crippen molar-refractivity contribution in [3.05, 3.63) is 45.9 Å². The fourth-order valence-corrected chi connectivity index (χ4v) is 1.74. The third-order valence-electron chi connectivity index (χ3n) is 2.12. The molecule has 2 aromatic heterocycles. The number of nitrogens with two attached hydrogens (primary N) is 1. The molecule has 2 aromatic rings.